The van der Waals surface area contributed by atoms with Crippen LogP contribution in [-0.4, -0.2) is 21.0 Å². The minimum Gasteiger partial charge on any atom is -0.480 e. The quantitative estimate of drug-likeness (QED) is 0.847. The van der Waals surface area contributed by atoms with Gasteiger partial charge in [-0.2, -0.15) is 0 Å². The van der Waals surface area contributed by atoms with Gasteiger partial charge in [0.05, 0.1) is 5.69 Å². The number of rotatable bonds is 3. The summed E-state index contributed by atoms with van der Waals surface area (Å²) in [5.41, 5.74) is 5.91. The van der Waals surface area contributed by atoms with Gasteiger partial charge in [-0.1, -0.05) is 0 Å². The molecule has 3 N–H and O–H groups in total. The van der Waals surface area contributed by atoms with Gasteiger partial charge in [0.15, 0.2) is 11.0 Å². The first-order valence-corrected chi connectivity index (χ1v) is 5.77. The molecule has 0 aromatic carbocycles. The van der Waals surface area contributed by atoms with Gasteiger partial charge in [-0.25, -0.2) is 9.97 Å². The number of carbonyl (C=O) groups is 1. The Morgan fingerprint density at radius 1 is 1.53 bits per heavy atom. The Hall–Kier alpha value is -1.47. The Bertz CT molecular complexity index is 466. The lowest BCUT2D eigenvalue weighted by atomic mass is 10.1. The minimum absolute atomic E-state index is 0.368. The maximum atomic E-state index is 11.1. The number of nitrogens with two attached hydrogens (primary N) is 1. The third kappa shape index (κ3) is 1.97. The minimum atomic E-state index is -0.963. The number of carboxylic acid groups (broad SMARTS) is 1. The van der Waals surface area contributed by atoms with Crippen molar-refractivity contribution in [2.24, 2.45) is 0 Å². The van der Waals surface area contributed by atoms with E-state index < -0.39 is 11.9 Å². The molecule has 0 aliphatic rings. The zero-order valence-electron chi connectivity index (χ0n) is 7.45. The summed E-state index contributed by atoms with van der Waals surface area (Å²) >= 11 is 2.52. The van der Waals surface area contributed by atoms with Crippen molar-refractivity contribution >= 4 is 33.8 Å². The van der Waals surface area contributed by atoms with Crippen LogP contribution in [0.4, 0.5) is 5.13 Å². The molecule has 0 amide bonds. The lowest BCUT2D eigenvalue weighted by Crippen LogP contribution is -2.13. The van der Waals surface area contributed by atoms with E-state index >= 15 is 0 Å². The summed E-state index contributed by atoms with van der Waals surface area (Å²) in [7, 11) is 0. The van der Waals surface area contributed by atoms with Gasteiger partial charge < -0.3 is 10.8 Å². The molecule has 1 atom stereocenters. The maximum Gasteiger partial charge on any atom is 0.319 e. The van der Waals surface area contributed by atoms with E-state index in [4.69, 9.17) is 10.8 Å². The highest BCUT2D eigenvalue weighted by Gasteiger charge is 2.26. The predicted octanol–water partition coefficient (Wildman–Crippen LogP) is 1.40. The van der Waals surface area contributed by atoms with Crippen LogP contribution in [0.15, 0.2) is 17.0 Å². The summed E-state index contributed by atoms with van der Waals surface area (Å²) in [4.78, 5) is 19.1. The van der Waals surface area contributed by atoms with Crippen LogP contribution in [-0.2, 0) is 4.79 Å². The second-order valence-electron chi connectivity index (χ2n) is 2.75. The molecule has 2 heterocycles. The molecule has 0 aliphatic heterocycles. The van der Waals surface area contributed by atoms with E-state index in [0.717, 1.165) is 0 Å². The smallest absolute Gasteiger partial charge is 0.319 e. The van der Waals surface area contributed by atoms with Crippen LogP contribution in [0.1, 0.15) is 16.6 Å². The van der Waals surface area contributed by atoms with Gasteiger partial charge in [0.2, 0.25) is 0 Å². The number of hydrogen-bond donors (Lipinski definition) is 2. The van der Waals surface area contributed by atoms with Crippen molar-refractivity contribution < 1.29 is 9.90 Å². The molecule has 5 nitrogen and oxygen atoms in total. The van der Waals surface area contributed by atoms with Gasteiger partial charge in [-0.3, -0.25) is 4.79 Å². The number of nitrogen functional groups attached to an aromatic ring is 1. The van der Waals surface area contributed by atoms with E-state index in [-0.39, 0.29) is 0 Å². The Kier molecular flexibility index (Phi) is 2.65. The van der Waals surface area contributed by atoms with E-state index in [2.05, 4.69) is 9.97 Å². The van der Waals surface area contributed by atoms with Gasteiger partial charge in [0.1, 0.15) is 5.01 Å². The Morgan fingerprint density at radius 3 is 2.80 bits per heavy atom. The van der Waals surface area contributed by atoms with Crippen molar-refractivity contribution in [2.45, 2.75) is 5.92 Å². The zero-order chi connectivity index (χ0) is 10.8. The number of aromatic nitrogens is 2. The van der Waals surface area contributed by atoms with E-state index in [1.165, 1.54) is 22.7 Å². The highest BCUT2D eigenvalue weighted by atomic mass is 32.1. The van der Waals surface area contributed by atoms with Crippen molar-refractivity contribution in [1.82, 2.24) is 9.97 Å². The summed E-state index contributed by atoms with van der Waals surface area (Å²) in [5, 5.41) is 13.4. The fourth-order valence-electron chi connectivity index (χ4n) is 1.17. The molecule has 0 saturated carbocycles. The molecule has 2 rings (SSSR count). The Morgan fingerprint density at radius 2 is 2.33 bits per heavy atom. The second kappa shape index (κ2) is 3.95. The highest BCUT2D eigenvalue weighted by Crippen LogP contribution is 2.28. The molecule has 78 valence electrons. The van der Waals surface area contributed by atoms with Crippen LogP contribution >= 0.6 is 22.7 Å². The molecule has 1 unspecified atom stereocenters. The van der Waals surface area contributed by atoms with Crippen LogP contribution in [0, 0.1) is 0 Å². The first-order valence-electron chi connectivity index (χ1n) is 4.01. The molecule has 2 aromatic rings. The van der Waals surface area contributed by atoms with Gasteiger partial charge >= 0.3 is 5.97 Å². The van der Waals surface area contributed by atoms with Crippen molar-refractivity contribution in [3.63, 3.8) is 0 Å². The van der Waals surface area contributed by atoms with Gasteiger partial charge in [0, 0.05) is 17.0 Å². The van der Waals surface area contributed by atoms with E-state index in [9.17, 15) is 4.79 Å². The molecule has 0 saturated heterocycles. The first kappa shape index (κ1) is 10.1. The molecule has 2 aromatic heterocycles. The molecular formula is C8H7N3O2S2. The molecule has 15 heavy (non-hydrogen) atoms. The third-order valence-electron chi connectivity index (χ3n) is 1.78. The first-order chi connectivity index (χ1) is 7.18. The van der Waals surface area contributed by atoms with Crippen LogP contribution in [0.2, 0.25) is 0 Å². The van der Waals surface area contributed by atoms with Crippen LogP contribution in [0.5, 0.6) is 0 Å². The monoisotopic (exact) mass is 241 g/mol. The lowest BCUT2D eigenvalue weighted by Gasteiger charge is -2.04. The van der Waals surface area contributed by atoms with Crippen LogP contribution in [0.25, 0.3) is 0 Å². The summed E-state index contributed by atoms with van der Waals surface area (Å²) in [6, 6.07) is 0. The average molecular weight is 241 g/mol. The van der Waals surface area contributed by atoms with Crippen molar-refractivity contribution in [3.8, 4) is 0 Å². The Labute approximate surface area is 93.2 Å². The fourth-order valence-corrected chi connectivity index (χ4v) is 2.50. The van der Waals surface area contributed by atoms with Gasteiger partial charge in [-0.15, -0.1) is 22.7 Å². The van der Waals surface area contributed by atoms with Gasteiger partial charge in [0.25, 0.3) is 0 Å². The second-order valence-corrected chi connectivity index (χ2v) is 4.57. The average Bonchev–Trinajstić information content (AvgIpc) is 2.77. The fraction of sp³-hybridized carbons (Fsp3) is 0.125. The number of aliphatic carboxylic acids is 1. The summed E-state index contributed by atoms with van der Waals surface area (Å²) < 4.78 is 0. The largest absolute Gasteiger partial charge is 0.480 e. The third-order valence-corrected chi connectivity index (χ3v) is 3.31. The standard InChI is InChI=1S/C8H7N3O2S2/c9-8-11-4(3-15-8)5(7(12)13)6-10-1-2-14-6/h1-3,5H,(H2,9,11)(H,12,13). The summed E-state index contributed by atoms with van der Waals surface area (Å²) in [5.74, 6) is -1.77. The SMILES string of the molecule is Nc1nc(C(C(=O)O)c2nccs2)cs1. The maximum absolute atomic E-state index is 11.1. The lowest BCUT2D eigenvalue weighted by molar-refractivity contribution is -0.137. The van der Waals surface area contributed by atoms with Crippen molar-refractivity contribution in [1.29, 1.82) is 0 Å². The zero-order valence-corrected chi connectivity index (χ0v) is 9.09. The van der Waals surface area contributed by atoms with E-state index in [1.54, 1.807) is 17.0 Å². The van der Waals surface area contributed by atoms with Crippen molar-refractivity contribution in [2.75, 3.05) is 5.73 Å². The normalized spacial score (nSPS) is 12.5. The molecule has 0 fully saturated rings. The molecular weight excluding hydrogens is 234 g/mol. The summed E-state index contributed by atoms with van der Waals surface area (Å²) in [6.07, 6.45) is 1.58. The molecule has 0 radical (unpaired) electrons. The predicted molar refractivity (Wildman–Crippen MR) is 58.1 cm³/mol. The molecule has 0 spiro atoms. The Balaban J connectivity index is 2.41. The number of thiazole rings is 2. The molecule has 0 aliphatic carbocycles. The summed E-state index contributed by atoms with van der Waals surface area (Å²) in [6.45, 7) is 0. The molecule has 0 bridgehead atoms. The van der Waals surface area contributed by atoms with Crippen molar-refractivity contribution in [3.05, 3.63) is 27.7 Å². The number of anilines is 1. The molecule has 7 heteroatoms. The van der Waals surface area contributed by atoms with Crippen LogP contribution < -0.4 is 5.73 Å². The number of nitrogens with zero attached hydrogens (tertiary/aromatic N) is 2. The van der Waals surface area contributed by atoms with E-state index in [0.29, 0.717) is 15.8 Å². The van der Waals surface area contributed by atoms with E-state index in [1.807, 2.05) is 0 Å². The van der Waals surface area contributed by atoms with Gasteiger partial charge in [-0.05, 0) is 0 Å². The number of hydrogen-bond acceptors (Lipinski definition) is 6. The number of carboxylic acids is 1. The van der Waals surface area contributed by atoms with Crippen LogP contribution in [0.3, 0.4) is 0 Å². The highest BCUT2D eigenvalue weighted by molar-refractivity contribution is 7.13. The topological polar surface area (TPSA) is 89.1 Å².